The summed E-state index contributed by atoms with van der Waals surface area (Å²) in [5.74, 6) is -0.227. The predicted octanol–water partition coefficient (Wildman–Crippen LogP) is 4.67. The van der Waals surface area contributed by atoms with Crippen LogP contribution in [0.25, 0.3) is 0 Å². The average Bonchev–Trinajstić information content (AvgIpc) is 3.14. The molecule has 38 heavy (non-hydrogen) atoms. The number of likely N-dealkylation sites (tertiary alicyclic amines) is 1. The third kappa shape index (κ3) is 5.55. The number of carbonyl (C=O) groups excluding carboxylic acids is 2. The van der Waals surface area contributed by atoms with Gasteiger partial charge in [-0.3, -0.25) is 9.80 Å². The molecule has 1 aliphatic carbocycles. The third-order valence-corrected chi connectivity index (χ3v) is 7.29. The highest BCUT2D eigenvalue weighted by Gasteiger charge is 2.57. The molecule has 0 spiro atoms. The molecule has 8 nitrogen and oxygen atoms in total. The molecular formula is C28H33F2N3O5. The molecule has 1 saturated carbocycles. The fourth-order valence-corrected chi connectivity index (χ4v) is 5.56. The summed E-state index contributed by atoms with van der Waals surface area (Å²) in [6.45, 7) is 7.66. The number of benzene rings is 2. The highest BCUT2D eigenvalue weighted by Crippen LogP contribution is 2.59. The monoisotopic (exact) mass is 529 g/mol. The minimum atomic E-state index is -0.718. The molecule has 4 atom stereocenters. The van der Waals surface area contributed by atoms with Crippen LogP contribution in [-0.4, -0.2) is 62.1 Å². The number of nitrogens with zero attached hydrogens (tertiary/aromatic N) is 2. The normalized spacial score (nSPS) is 24.7. The fourth-order valence-electron chi connectivity index (χ4n) is 5.56. The van der Waals surface area contributed by atoms with Gasteiger partial charge in [-0.1, -0.05) is 12.1 Å². The van der Waals surface area contributed by atoms with E-state index in [4.69, 9.17) is 14.2 Å². The number of nitrogens with one attached hydrogen (secondary N) is 1. The number of piperidine rings is 1. The highest BCUT2D eigenvalue weighted by atomic mass is 19.1. The van der Waals surface area contributed by atoms with E-state index < -0.39 is 35.5 Å². The van der Waals surface area contributed by atoms with E-state index in [0.717, 1.165) is 25.4 Å². The largest absolute Gasteiger partial charge is 0.497 e. The van der Waals surface area contributed by atoms with Gasteiger partial charge >= 0.3 is 12.2 Å². The van der Waals surface area contributed by atoms with Crippen molar-refractivity contribution in [1.29, 1.82) is 0 Å². The first-order valence-electron chi connectivity index (χ1n) is 12.8. The zero-order valence-corrected chi connectivity index (χ0v) is 22.0. The average molecular weight is 530 g/mol. The number of fused-ring (bicyclic) bond motifs is 1. The summed E-state index contributed by atoms with van der Waals surface area (Å²) in [4.78, 5) is 27.8. The van der Waals surface area contributed by atoms with E-state index in [1.54, 1.807) is 27.9 Å². The van der Waals surface area contributed by atoms with Crippen LogP contribution in [0.15, 0.2) is 36.4 Å². The molecule has 1 N–H and O–H groups in total. The van der Waals surface area contributed by atoms with Crippen LogP contribution in [0.4, 0.5) is 24.1 Å². The Balaban J connectivity index is 1.17. The molecule has 5 rings (SSSR count). The number of carbonyl (C=O) groups is 2. The van der Waals surface area contributed by atoms with Gasteiger partial charge in [0.15, 0.2) is 0 Å². The van der Waals surface area contributed by atoms with Crippen LogP contribution in [0.5, 0.6) is 5.75 Å². The van der Waals surface area contributed by atoms with Crippen molar-refractivity contribution in [3.8, 4) is 5.75 Å². The lowest BCUT2D eigenvalue weighted by Crippen LogP contribution is -2.38. The molecule has 0 bridgehead atoms. The van der Waals surface area contributed by atoms with Crippen molar-refractivity contribution in [2.24, 2.45) is 11.8 Å². The van der Waals surface area contributed by atoms with Gasteiger partial charge < -0.3 is 19.5 Å². The maximum absolute atomic E-state index is 15.2. The number of anilines is 1. The van der Waals surface area contributed by atoms with E-state index in [0.29, 0.717) is 0 Å². The highest BCUT2D eigenvalue weighted by molar-refractivity contribution is 5.90. The molecule has 2 aromatic rings. The number of hydrogen-bond donors (Lipinski definition) is 1. The Labute approximate surface area is 220 Å². The van der Waals surface area contributed by atoms with E-state index in [1.165, 1.54) is 22.6 Å². The van der Waals surface area contributed by atoms with Crippen LogP contribution in [0.3, 0.4) is 0 Å². The maximum atomic E-state index is 15.2. The van der Waals surface area contributed by atoms with E-state index in [9.17, 15) is 9.59 Å². The number of alkyl carbamates (subject to hydrolysis) is 1. The molecule has 204 valence electrons. The molecular weight excluding hydrogens is 496 g/mol. The van der Waals surface area contributed by atoms with E-state index in [1.807, 2.05) is 24.3 Å². The SMILES string of the molecule is COc1ccc(CN2C[C@@H]3C(c4c(F)cc(N5C[C@H](CNC(=O)OC(C)(C)C)OC5=O)cc4F)[C@@H]3C2)cc1. The number of cyclic esters (lactones) is 1. The fraction of sp³-hybridized carbons (Fsp3) is 0.500. The van der Waals surface area contributed by atoms with E-state index >= 15 is 8.78 Å². The Morgan fingerprint density at radius 3 is 2.29 bits per heavy atom. The summed E-state index contributed by atoms with van der Waals surface area (Å²) in [7, 11) is 1.63. The number of amides is 2. The zero-order valence-electron chi connectivity index (χ0n) is 22.0. The molecule has 0 aromatic heterocycles. The second kappa shape index (κ2) is 10.1. The van der Waals surface area contributed by atoms with Crippen molar-refractivity contribution in [3.63, 3.8) is 0 Å². The van der Waals surface area contributed by atoms with Gasteiger partial charge in [-0.25, -0.2) is 18.4 Å². The van der Waals surface area contributed by atoms with Crippen molar-refractivity contribution < 1.29 is 32.6 Å². The van der Waals surface area contributed by atoms with E-state index in [-0.39, 0.29) is 42.1 Å². The first-order chi connectivity index (χ1) is 18.0. The van der Waals surface area contributed by atoms with Gasteiger partial charge in [0.1, 0.15) is 29.1 Å². The summed E-state index contributed by atoms with van der Waals surface area (Å²) >= 11 is 0. The summed E-state index contributed by atoms with van der Waals surface area (Å²) < 4.78 is 46.0. The Kier molecular flexibility index (Phi) is 6.94. The molecule has 2 saturated heterocycles. The lowest BCUT2D eigenvalue weighted by Gasteiger charge is -2.21. The first-order valence-corrected chi connectivity index (χ1v) is 12.8. The topological polar surface area (TPSA) is 80.3 Å². The summed E-state index contributed by atoms with van der Waals surface area (Å²) in [6.07, 6.45) is -2.02. The number of ether oxygens (including phenoxy) is 3. The van der Waals surface area contributed by atoms with Crippen LogP contribution >= 0.6 is 0 Å². The Morgan fingerprint density at radius 1 is 1.08 bits per heavy atom. The molecule has 1 unspecified atom stereocenters. The standard InChI is InChI=1S/C28H33F2N3O5/c1-28(2,3)38-26(34)31-11-19-13-33(27(35)37-19)17-9-22(29)25(23(30)10-17)24-20-14-32(15-21(20)24)12-16-5-7-18(36-4)8-6-16/h5-10,19-21,24H,11-15H2,1-4H3,(H,31,34)/t19-,20-,21+,24?/m0/s1. The van der Waals surface area contributed by atoms with Gasteiger partial charge in [0.25, 0.3) is 0 Å². The molecule has 3 aliphatic rings. The van der Waals surface area contributed by atoms with Crippen LogP contribution in [0, 0.1) is 23.5 Å². The number of rotatable bonds is 7. The molecule has 2 heterocycles. The van der Waals surface area contributed by atoms with Crippen LogP contribution in [0.2, 0.25) is 0 Å². The minimum absolute atomic E-state index is 0.0264. The van der Waals surface area contributed by atoms with Gasteiger partial charge in [0.2, 0.25) is 0 Å². The number of halogens is 2. The lowest BCUT2D eigenvalue weighted by atomic mass is 10.0. The minimum Gasteiger partial charge on any atom is -0.497 e. The molecule has 3 fully saturated rings. The third-order valence-electron chi connectivity index (χ3n) is 7.29. The summed E-state index contributed by atoms with van der Waals surface area (Å²) in [5.41, 5.74) is 0.709. The predicted molar refractivity (Wildman–Crippen MR) is 136 cm³/mol. The van der Waals surface area contributed by atoms with Crippen LogP contribution in [0.1, 0.15) is 37.8 Å². The second-order valence-corrected chi connectivity index (χ2v) is 11.2. The van der Waals surface area contributed by atoms with Crippen molar-refractivity contribution in [3.05, 3.63) is 59.2 Å². The molecule has 2 aromatic carbocycles. The summed E-state index contributed by atoms with van der Waals surface area (Å²) in [6, 6.07) is 10.3. The van der Waals surface area contributed by atoms with Gasteiger partial charge in [0.05, 0.1) is 25.9 Å². The van der Waals surface area contributed by atoms with Crippen molar-refractivity contribution in [2.75, 3.05) is 38.2 Å². The van der Waals surface area contributed by atoms with Crippen LogP contribution in [-0.2, 0) is 16.0 Å². The zero-order chi connectivity index (χ0) is 27.2. The van der Waals surface area contributed by atoms with Crippen molar-refractivity contribution in [2.45, 2.75) is 44.9 Å². The van der Waals surface area contributed by atoms with Gasteiger partial charge in [-0.2, -0.15) is 0 Å². The molecule has 0 radical (unpaired) electrons. The van der Waals surface area contributed by atoms with Gasteiger partial charge in [-0.05, 0) is 68.4 Å². The van der Waals surface area contributed by atoms with Gasteiger partial charge in [0, 0.05) is 25.2 Å². The number of methoxy groups -OCH3 is 1. The second-order valence-electron chi connectivity index (χ2n) is 11.2. The quantitative estimate of drug-likeness (QED) is 0.562. The Bertz CT molecular complexity index is 1180. The number of hydrogen-bond acceptors (Lipinski definition) is 6. The lowest BCUT2D eigenvalue weighted by molar-refractivity contribution is 0.0496. The van der Waals surface area contributed by atoms with Crippen LogP contribution < -0.4 is 15.0 Å². The molecule has 10 heteroatoms. The van der Waals surface area contributed by atoms with Crippen molar-refractivity contribution in [1.82, 2.24) is 10.2 Å². The maximum Gasteiger partial charge on any atom is 0.414 e. The first kappa shape index (κ1) is 26.2. The summed E-state index contributed by atoms with van der Waals surface area (Å²) in [5, 5.41) is 2.55. The Hall–Kier alpha value is -3.40. The molecule has 2 amide bonds. The Morgan fingerprint density at radius 2 is 1.71 bits per heavy atom. The van der Waals surface area contributed by atoms with Crippen molar-refractivity contribution >= 4 is 17.9 Å². The smallest absolute Gasteiger partial charge is 0.414 e. The van der Waals surface area contributed by atoms with E-state index in [2.05, 4.69) is 10.2 Å². The van der Waals surface area contributed by atoms with Gasteiger partial charge in [-0.15, -0.1) is 0 Å². The molecule has 2 aliphatic heterocycles.